The number of urea groups is 1. The van der Waals surface area contributed by atoms with E-state index in [0.717, 1.165) is 10.0 Å². The Labute approximate surface area is 227 Å². The van der Waals surface area contributed by atoms with Crippen LogP contribution in [0.5, 0.6) is 23.0 Å². The fourth-order valence-electron chi connectivity index (χ4n) is 3.85. The first-order chi connectivity index (χ1) is 18.3. The molecule has 202 valence electrons. The molecule has 2 atom stereocenters. The number of allylic oxidation sites excluding steroid dienone is 1. The number of methoxy groups -OCH3 is 1. The Hall–Kier alpha value is -3.97. The number of benzene rings is 2. The molecule has 4 rings (SSSR count). The van der Waals surface area contributed by atoms with Crippen LogP contribution in [0.3, 0.4) is 0 Å². The first-order valence-corrected chi connectivity index (χ1v) is 12.4. The van der Waals surface area contributed by atoms with Gasteiger partial charge in [-0.25, -0.2) is 9.59 Å². The summed E-state index contributed by atoms with van der Waals surface area (Å²) < 4.78 is 27.8. The number of hydrogen-bond donors (Lipinski definition) is 4. The molecule has 0 aromatic heterocycles. The Kier molecular flexibility index (Phi) is 8.59. The first kappa shape index (κ1) is 27.1. The molecule has 2 aromatic carbocycles. The highest BCUT2D eigenvalue weighted by Crippen LogP contribution is 2.37. The van der Waals surface area contributed by atoms with E-state index in [9.17, 15) is 14.7 Å². The van der Waals surface area contributed by atoms with E-state index in [1.54, 1.807) is 37.3 Å². The van der Waals surface area contributed by atoms with Crippen LogP contribution >= 0.6 is 15.9 Å². The summed E-state index contributed by atoms with van der Waals surface area (Å²) in [6, 6.07) is 7.35. The zero-order valence-corrected chi connectivity index (χ0v) is 22.5. The van der Waals surface area contributed by atoms with Gasteiger partial charge in [-0.05, 0) is 59.6 Å². The molecule has 38 heavy (non-hydrogen) atoms. The molecule has 0 saturated heterocycles. The molecule has 2 aliphatic rings. The zero-order valence-electron chi connectivity index (χ0n) is 20.9. The standard InChI is InChI=1S/C25H27BrN4O8/c1-4-35-18-7-14(23-22(24(32)34-3)13(2)28-25(33)29-23)5-6-17(18)36-11-21(31)30-27-10-15-8-19-20(9-16(15)26)38-12-37-19/h5-10,21,23,30-31H,4,11-12H2,1-3H3,(H2,28,29,33)/b27-10+/t21-,23+/m0/s1. The molecule has 0 bridgehead atoms. The number of halogens is 1. The quantitative estimate of drug-likeness (QED) is 0.142. The largest absolute Gasteiger partial charge is 0.490 e. The zero-order chi connectivity index (χ0) is 27.2. The molecule has 0 fully saturated rings. The van der Waals surface area contributed by atoms with Crippen molar-refractivity contribution in [3.8, 4) is 23.0 Å². The summed E-state index contributed by atoms with van der Waals surface area (Å²) in [7, 11) is 1.27. The number of carbonyl (C=O) groups excluding carboxylic acids is 2. The molecular formula is C25H27BrN4O8. The highest BCUT2D eigenvalue weighted by molar-refractivity contribution is 9.10. The number of nitrogens with zero attached hydrogens (tertiary/aromatic N) is 1. The third kappa shape index (κ3) is 6.11. The average Bonchev–Trinajstić information content (AvgIpc) is 3.34. The van der Waals surface area contributed by atoms with E-state index in [-0.39, 0.29) is 19.0 Å². The normalized spacial score (nSPS) is 17.1. The van der Waals surface area contributed by atoms with E-state index >= 15 is 0 Å². The van der Waals surface area contributed by atoms with Crippen molar-refractivity contribution in [1.29, 1.82) is 0 Å². The van der Waals surface area contributed by atoms with Crippen LogP contribution in [0.4, 0.5) is 4.79 Å². The molecule has 2 aromatic rings. The van der Waals surface area contributed by atoms with Crippen LogP contribution in [0.25, 0.3) is 0 Å². The first-order valence-electron chi connectivity index (χ1n) is 11.6. The highest BCUT2D eigenvalue weighted by atomic mass is 79.9. The number of aliphatic hydroxyl groups is 1. The van der Waals surface area contributed by atoms with E-state index in [4.69, 9.17) is 23.7 Å². The summed E-state index contributed by atoms with van der Waals surface area (Å²) in [5.74, 6) is 1.42. The predicted octanol–water partition coefficient (Wildman–Crippen LogP) is 2.70. The molecule has 0 radical (unpaired) electrons. The van der Waals surface area contributed by atoms with Crippen molar-refractivity contribution in [2.45, 2.75) is 26.1 Å². The summed E-state index contributed by atoms with van der Waals surface area (Å²) in [4.78, 5) is 24.5. The van der Waals surface area contributed by atoms with Crippen LogP contribution in [0, 0.1) is 0 Å². The van der Waals surface area contributed by atoms with Crippen molar-refractivity contribution >= 4 is 34.1 Å². The van der Waals surface area contributed by atoms with Gasteiger partial charge in [-0.2, -0.15) is 5.10 Å². The second-order valence-corrected chi connectivity index (χ2v) is 9.00. The third-order valence-corrected chi connectivity index (χ3v) is 6.28. The van der Waals surface area contributed by atoms with Crippen LogP contribution in [0.15, 0.2) is 51.2 Å². The minimum absolute atomic E-state index is 0.143. The van der Waals surface area contributed by atoms with E-state index < -0.39 is 24.3 Å². The van der Waals surface area contributed by atoms with Crippen LogP contribution < -0.4 is 35.0 Å². The molecular weight excluding hydrogens is 564 g/mol. The maximum absolute atomic E-state index is 12.4. The van der Waals surface area contributed by atoms with Crippen LogP contribution in [-0.4, -0.2) is 56.7 Å². The second kappa shape index (κ2) is 12.0. The molecule has 2 heterocycles. The summed E-state index contributed by atoms with van der Waals surface area (Å²) in [6.07, 6.45) is 0.394. The van der Waals surface area contributed by atoms with Gasteiger partial charge in [0.1, 0.15) is 6.61 Å². The van der Waals surface area contributed by atoms with Crippen LogP contribution in [-0.2, 0) is 9.53 Å². The van der Waals surface area contributed by atoms with Gasteiger partial charge < -0.3 is 39.4 Å². The summed E-state index contributed by atoms with van der Waals surface area (Å²) in [6.45, 7) is 3.80. The number of esters is 1. The maximum Gasteiger partial charge on any atom is 0.337 e. The molecule has 2 aliphatic heterocycles. The van der Waals surface area contributed by atoms with Gasteiger partial charge >= 0.3 is 12.0 Å². The predicted molar refractivity (Wildman–Crippen MR) is 139 cm³/mol. The fourth-order valence-corrected chi connectivity index (χ4v) is 4.27. The van der Waals surface area contributed by atoms with Gasteiger partial charge in [0.15, 0.2) is 29.2 Å². The molecule has 0 spiro atoms. The van der Waals surface area contributed by atoms with Crippen molar-refractivity contribution in [1.82, 2.24) is 16.1 Å². The maximum atomic E-state index is 12.4. The lowest BCUT2D eigenvalue weighted by atomic mass is 9.95. The number of amides is 2. The summed E-state index contributed by atoms with van der Waals surface area (Å²) >= 11 is 3.45. The van der Waals surface area contributed by atoms with Gasteiger partial charge in [0.25, 0.3) is 0 Å². The number of hydrazone groups is 1. The van der Waals surface area contributed by atoms with Gasteiger partial charge in [0.2, 0.25) is 6.79 Å². The van der Waals surface area contributed by atoms with E-state index in [2.05, 4.69) is 37.1 Å². The lowest BCUT2D eigenvalue weighted by Crippen LogP contribution is -2.45. The van der Waals surface area contributed by atoms with Gasteiger partial charge in [-0.1, -0.05) is 6.07 Å². The topological polar surface area (TPSA) is 149 Å². The number of fused-ring (bicyclic) bond motifs is 1. The van der Waals surface area contributed by atoms with Crippen LogP contribution in [0.1, 0.15) is 31.0 Å². The number of nitrogens with one attached hydrogen (secondary N) is 3. The second-order valence-electron chi connectivity index (χ2n) is 8.14. The van der Waals surface area contributed by atoms with Crippen molar-refractivity contribution < 1.29 is 38.4 Å². The van der Waals surface area contributed by atoms with Crippen molar-refractivity contribution in [2.24, 2.45) is 5.10 Å². The highest BCUT2D eigenvalue weighted by Gasteiger charge is 2.32. The number of hydrogen-bond acceptors (Lipinski definition) is 10. The number of ether oxygens (including phenoxy) is 5. The molecule has 12 nitrogen and oxygen atoms in total. The summed E-state index contributed by atoms with van der Waals surface area (Å²) in [5.41, 5.74) is 4.58. The molecule has 4 N–H and O–H groups in total. The van der Waals surface area contributed by atoms with Gasteiger partial charge in [0, 0.05) is 15.7 Å². The average molecular weight is 591 g/mol. The Morgan fingerprint density at radius 2 is 2.03 bits per heavy atom. The SMILES string of the molecule is CCOc1cc([C@H]2NC(=O)NC(C)=C2C(=O)OC)ccc1OC[C@H](O)N/N=C/c1cc2c(cc1Br)OCO2. The Bertz CT molecular complexity index is 1280. The third-order valence-electron chi connectivity index (χ3n) is 5.59. The Balaban J connectivity index is 1.43. The Morgan fingerprint density at radius 1 is 1.26 bits per heavy atom. The number of rotatable bonds is 10. The van der Waals surface area contributed by atoms with Crippen molar-refractivity contribution in [2.75, 3.05) is 27.1 Å². The van der Waals surface area contributed by atoms with Crippen molar-refractivity contribution in [3.05, 3.63) is 57.2 Å². The summed E-state index contributed by atoms with van der Waals surface area (Å²) in [5, 5.41) is 19.7. The molecule has 0 saturated carbocycles. The Morgan fingerprint density at radius 3 is 2.76 bits per heavy atom. The van der Waals surface area contributed by atoms with Gasteiger partial charge in [-0.15, -0.1) is 0 Å². The smallest absolute Gasteiger partial charge is 0.337 e. The molecule has 2 amide bonds. The number of carbonyl (C=O) groups is 2. The van der Waals surface area contributed by atoms with Crippen LogP contribution in [0.2, 0.25) is 0 Å². The molecule has 13 heteroatoms. The van der Waals surface area contributed by atoms with E-state index in [1.807, 2.05) is 6.92 Å². The van der Waals surface area contributed by atoms with Crippen molar-refractivity contribution in [3.63, 3.8) is 0 Å². The lowest BCUT2D eigenvalue weighted by molar-refractivity contribution is -0.136. The lowest BCUT2D eigenvalue weighted by Gasteiger charge is -2.28. The molecule has 0 unspecified atom stereocenters. The van der Waals surface area contributed by atoms with E-state index in [1.165, 1.54) is 13.3 Å². The number of aliphatic hydroxyl groups excluding tert-OH is 1. The van der Waals surface area contributed by atoms with Gasteiger partial charge in [-0.3, -0.25) is 5.43 Å². The van der Waals surface area contributed by atoms with E-state index in [0.29, 0.717) is 40.9 Å². The van der Waals surface area contributed by atoms with Gasteiger partial charge in [0.05, 0.1) is 31.5 Å². The molecule has 0 aliphatic carbocycles. The fraction of sp³-hybridized carbons (Fsp3) is 0.320. The minimum atomic E-state index is -1.13. The monoisotopic (exact) mass is 590 g/mol. The minimum Gasteiger partial charge on any atom is -0.490 e.